The molecule has 0 aliphatic heterocycles. The van der Waals surface area contributed by atoms with Gasteiger partial charge in [0.2, 0.25) is 4.80 Å². The molecule has 2 aromatic heterocycles. The zero-order valence-electron chi connectivity index (χ0n) is 19.5. The van der Waals surface area contributed by atoms with Crippen LogP contribution >= 0.6 is 11.3 Å². The number of rotatable bonds is 7. The van der Waals surface area contributed by atoms with Crippen molar-refractivity contribution in [1.29, 1.82) is 0 Å². The molecule has 0 amide bonds. The van der Waals surface area contributed by atoms with E-state index in [1.807, 2.05) is 72.1 Å². The van der Waals surface area contributed by atoms with Crippen LogP contribution in [0.3, 0.4) is 0 Å². The van der Waals surface area contributed by atoms with E-state index in [0.29, 0.717) is 27.8 Å². The van der Waals surface area contributed by atoms with Crippen molar-refractivity contribution in [2.75, 3.05) is 21.3 Å². The van der Waals surface area contributed by atoms with Gasteiger partial charge in [-0.3, -0.25) is 0 Å². The first kappa shape index (κ1) is 22.5. The third-order valence-corrected chi connectivity index (χ3v) is 6.21. The maximum absolute atomic E-state index is 6.13. The Morgan fingerprint density at radius 1 is 0.829 bits per heavy atom. The third kappa shape index (κ3) is 4.56. The van der Waals surface area contributed by atoms with Gasteiger partial charge in [0, 0.05) is 22.4 Å². The van der Waals surface area contributed by atoms with Gasteiger partial charge in [0.15, 0.2) is 17.3 Å². The van der Waals surface area contributed by atoms with E-state index in [4.69, 9.17) is 28.7 Å². The summed E-state index contributed by atoms with van der Waals surface area (Å²) < 4.78 is 24.3. The average Bonchev–Trinajstić information content (AvgIpc) is 3.51. The Morgan fingerprint density at radius 2 is 1.54 bits per heavy atom. The highest BCUT2D eigenvalue weighted by Crippen LogP contribution is 2.34. The van der Waals surface area contributed by atoms with Crippen LogP contribution in [-0.4, -0.2) is 32.2 Å². The van der Waals surface area contributed by atoms with Gasteiger partial charge in [-0.1, -0.05) is 36.4 Å². The Labute approximate surface area is 206 Å². The maximum atomic E-state index is 6.13. The standard InChI is InChI=1S/C27H23N3O4S/c1-31-23-15-26(33-3)25(32-2)14-19(23)16-28-30-21(24-13-18-9-7-8-12-22(18)34-24)17-35-27(30)29-20-10-5-4-6-11-20/h4-17H,1-3H3. The van der Waals surface area contributed by atoms with Crippen LogP contribution in [0.2, 0.25) is 0 Å². The second kappa shape index (κ2) is 9.90. The van der Waals surface area contributed by atoms with Gasteiger partial charge in [0.1, 0.15) is 17.0 Å². The fourth-order valence-corrected chi connectivity index (χ4v) is 4.49. The highest BCUT2D eigenvalue weighted by Gasteiger charge is 2.14. The van der Waals surface area contributed by atoms with Gasteiger partial charge in [-0.2, -0.15) is 5.10 Å². The summed E-state index contributed by atoms with van der Waals surface area (Å²) in [6.45, 7) is 0. The van der Waals surface area contributed by atoms with Crippen LogP contribution < -0.4 is 19.0 Å². The highest BCUT2D eigenvalue weighted by molar-refractivity contribution is 7.07. The van der Waals surface area contributed by atoms with Crippen LogP contribution in [0.4, 0.5) is 5.69 Å². The molecule has 7 nitrogen and oxygen atoms in total. The number of ether oxygens (including phenoxy) is 3. The van der Waals surface area contributed by atoms with Crippen molar-refractivity contribution < 1.29 is 18.6 Å². The van der Waals surface area contributed by atoms with Gasteiger partial charge in [0.25, 0.3) is 0 Å². The van der Waals surface area contributed by atoms with Crippen molar-refractivity contribution >= 4 is 34.2 Å². The number of furan rings is 1. The van der Waals surface area contributed by atoms with Crippen molar-refractivity contribution in [1.82, 2.24) is 4.68 Å². The van der Waals surface area contributed by atoms with Gasteiger partial charge in [-0.05, 0) is 30.3 Å². The molecule has 0 spiro atoms. The van der Waals surface area contributed by atoms with Crippen LogP contribution in [0, 0.1) is 0 Å². The molecule has 0 aliphatic carbocycles. The fourth-order valence-electron chi connectivity index (χ4n) is 3.65. The molecule has 0 unspecified atom stereocenters. The van der Waals surface area contributed by atoms with Crippen molar-refractivity contribution in [2.45, 2.75) is 0 Å². The van der Waals surface area contributed by atoms with Crippen LogP contribution in [0.15, 0.2) is 92.7 Å². The third-order valence-electron chi connectivity index (χ3n) is 5.39. The van der Waals surface area contributed by atoms with Gasteiger partial charge in [-0.15, -0.1) is 11.3 Å². The number of para-hydroxylation sites is 2. The van der Waals surface area contributed by atoms with Gasteiger partial charge < -0.3 is 18.6 Å². The highest BCUT2D eigenvalue weighted by atomic mass is 32.1. The van der Waals surface area contributed by atoms with Crippen molar-refractivity contribution in [3.8, 4) is 28.7 Å². The zero-order chi connectivity index (χ0) is 24.2. The molecule has 0 saturated heterocycles. The van der Waals surface area contributed by atoms with E-state index in [9.17, 15) is 0 Å². The molecule has 35 heavy (non-hydrogen) atoms. The Bertz CT molecular complexity index is 1530. The fraction of sp³-hybridized carbons (Fsp3) is 0.111. The van der Waals surface area contributed by atoms with Gasteiger partial charge in [0.05, 0.1) is 33.2 Å². The van der Waals surface area contributed by atoms with E-state index in [2.05, 4.69) is 0 Å². The lowest BCUT2D eigenvalue weighted by Crippen LogP contribution is -2.11. The normalized spacial score (nSPS) is 11.9. The average molecular weight is 486 g/mol. The molecule has 0 bridgehead atoms. The molecule has 5 rings (SSSR count). The smallest absolute Gasteiger partial charge is 0.211 e. The van der Waals surface area contributed by atoms with Crippen molar-refractivity contribution in [2.24, 2.45) is 10.1 Å². The zero-order valence-corrected chi connectivity index (χ0v) is 20.3. The number of benzene rings is 3. The molecule has 176 valence electrons. The second-order valence-corrected chi connectivity index (χ2v) is 8.34. The Balaban J connectivity index is 1.66. The second-order valence-electron chi connectivity index (χ2n) is 7.50. The Kier molecular flexibility index (Phi) is 6.36. The van der Waals surface area contributed by atoms with E-state index in [1.54, 1.807) is 38.3 Å². The minimum atomic E-state index is 0.576. The van der Waals surface area contributed by atoms with E-state index in [-0.39, 0.29) is 0 Å². The van der Waals surface area contributed by atoms with Crippen LogP contribution in [0.5, 0.6) is 17.2 Å². The quantitative estimate of drug-likeness (QED) is 0.261. The number of nitrogens with zero attached hydrogens (tertiary/aromatic N) is 3. The van der Waals surface area contributed by atoms with Gasteiger partial charge >= 0.3 is 0 Å². The van der Waals surface area contributed by atoms with E-state index >= 15 is 0 Å². The largest absolute Gasteiger partial charge is 0.496 e. The van der Waals surface area contributed by atoms with Crippen LogP contribution in [0.1, 0.15) is 5.56 Å². The number of methoxy groups -OCH3 is 3. The topological polar surface area (TPSA) is 70.5 Å². The molecule has 8 heteroatoms. The van der Waals surface area contributed by atoms with Crippen molar-refractivity contribution in [3.63, 3.8) is 0 Å². The molecule has 0 N–H and O–H groups in total. The minimum absolute atomic E-state index is 0.576. The van der Waals surface area contributed by atoms with E-state index < -0.39 is 0 Å². The van der Waals surface area contributed by atoms with Crippen LogP contribution in [0.25, 0.3) is 22.4 Å². The van der Waals surface area contributed by atoms with E-state index in [1.165, 1.54) is 11.3 Å². The summed E-state index contributed by atoms with van der Waals surface area (Å²) in [7, 11) is 4.78. The number of thiazole rings is 1. The number of hydrogen-bond acceptors (Lipinski definition) is 7. The van der Waals surface area contributed by atoms with Gasteiger partial charge in [-0.25, -0.2) is 9.67 Å². The van der Waals surface area contributed by atoms with E-state index in [0.717, 1.165) is 27.9 Å². The predicted molar refractivity (Wildman–Crippen MR) is 138 cm³/mol. The first-order valence-corrected chi connectivity index (χ1v) is 11.7. The molecule has 0 aliphatic rings. The predicted octanol–water partition coefficient (Wildman–Crippen LogP) is 6.10. The summed E-state index contributed by atoms with van der Waals surface area (Å²) in [5.74, 6) is 2.46. The molecule has 5 aromatic rings. The Morgan fingerprint density at radius 3 is 2.29 bits per heavy atom. The summed E-state index contributed by atoms with van der Waals surface area (Å²) in [6.07, 6.45) is 1.71. The molecular formula is C27H23N3O4S. The summed E-state index contributed by atoms with van der Waals surface area (Å²) in [5.41, 5.74) is 3.16. The SMILES string of the molecule is COc1cc(OC)c(OC)cc1C=Nn1c(-c2cc3ccccc3o2)csc1=Nc1ccccc1. The molecular weight excluding hydrogens is 462 g/mol. The lowest BCUT2D eigenvalue weighted by atomic mass is 10.2. The van der Waals surface area contributed by atoms with Crippen LogP contribution in [-0.2, 0) is 0 Å². The maximum Gasteiger partial charge on any atom is 0.211 e. The monoisotopic (exact) mass is 485 g/mol. The molecule has 0 atom stereocenters. The molecule has 0 radical (unpaired) electrons. The molecule has 0 saturated carbocycles. The summed E-state index contributed by atoms with van der Waals surface area (Å²) >= 11 is 1.48. The number of aromatic nitrogens is 1. The lowest BCUT2D eigenvalue weighted by Gasteiger charge is -2.11. The van der Waals surface area contributed by atoms with Crippen molar-refractivity contribution in [3.05, 3.63) is 88.5 Å². The molecule has 0 fully saturated rings. The number of fused-ring (bicyclic) bond motifs is 1. The first-order valence-electron chi connectivity index (χ1n) is 10.8. The lowest BCUT2D eigenvalue weighted by molar-refractivity contribution is 0.349. The minimum Gasteiger partial charge on any atom is -0.496 e. The number of hydrogen-bond donors (Lipinski definition) is 0. The summed E-state index contributed by atoms with van der Waals surface area (Å²) in [4.78, 5) is 5.50. The Hall–Kier alpha value is -4.30. The summed E-state index contributed by atoms with van der Waals surface area (Å²) in [5, 5.41) is 7.80. The molecule has 3 aromatic carbocycles. The summed E-state index contributed by atoms with van der Waals surface area (Å²) in [6, 6.07) is 23.3. The first-order chi connectivity index (χ1) is 17.2. The molecule has 2 heterocycles.